The number of carbonyl (C=O) groups is 2. The van der Waals surface area contributed by atoms with Crippen molar-refractivity contribution in [3.63, 3.8) is 0 Å². The first-order valence-corrected chi connectivity index (χ1v) is 8.90. The van der Waals surface area contributed by atoms with Crippen molar-refractivity contribution in [2.45, 2.75) is 27.2 Å². The van der Waals surface area contributed by atoms with E-state index in [0.29, 0.717) is 38.6 Å². The highest BCUT2D eigenvalue weighted by molar-refractivity contribution is 5.84. The van der Waals surface area contributed by atoms with E-state index in [-0.39, 0.29) is 24.2 Å². The van der Waals surface area contributed by atoms with Gasteiger partial charge in [-0.15, -0.1) is 0 Å². The molecular formula is C19H28FN3O2. The van der Waals surface area contributed by atoms with Gasteiger partial charge in [0.1, 0.15) is 5.82 Å². The van der Waals surface area contributed by atoms with Crippen molar-refractivity contribution in [2.24, 2.45) is 5.92 Å². The summed E-state index contributed by atoms with van der Waals surface area (Å²) in [7, 11) is 0. The molecule has 0 unspecified atom stereocenters. The lowest BCUT2D eigenvalue weighted by Crippen LogP contribution is -2.51. The van der Waals surface area contributed by atoms with Gasteiger partial charge in [-0.2, -0.15) is 0 Å². The molecule has 0 radical (unpaired) electrons. The van der Waals surface area contributed by atoms with Crippen molar-refractivity contribution in [1.29, 1.82) is 0 Å². The Bertz CT molecular complexity index is 581. The predicted octanol–water partition coefficient (Wildman–Crippen LogP) is 2.37. The highest BCUT2D eigenvalue weighted by Crippen LogP contribution is 2.17. The Balaban J connectivity index is 1.85. The topological polar surface area (TPSA) is 43.9 Å². The van der Waals surface area contributed by atoms with Crippen LogP contribution in [-0.2, 0) is 9.59 Å². The molecule has 25 heavy (non-hydrogen) atoms. The lowest BCUT2D eigenvalue weighted by atomic mass is 10.1. The molecule has 0 spiro atoms. The average Bonchev–Trinajstić information content (AvgIpc) is 2.58. The van der Waals surface area contributed by atoms with Gasteiger partial charge in [-0.3, -0.25) is 9.59 Å². The minimum atomic E-state index is -0.247. The van der Waals surface area contributed by atoms with E-state index in [1.165, 1.54) is 19.1 Å². The van der Waals surface area contributed by atoms with Gasteiger partial charge in [0.15, 0.2) is 0 Å². The summed E-state index contributed by atoms with van der Waals surface area (Å²) < 4.78 is 13.0. The van der Waals surface area contributed by atoms with Crippen molar-refractivity contribution in [3.8, 4) is 0 Å². The minimum absolute atomic E-state index is 0.00212. The zero-order valence-corrected chi connectivity index (χ0v) is 15.4. The van der Waals surface area contributed by atoms with Gasteiger partial charge in [-0.1, -0.05) is 13.8 Å². The Morgan fingerprint density at radius 3 is 2.24 bits per heavy atom. The highest BCUT2D eigenvalue weighted by Gasteiger charge is 2.23. The number of nitrogens with zero attached hydrogens (tertiary/aromatic N) is 3. The average molecular weight is 349 g/mol. The maximum atomic E-state index is 13.0. The zero-order chi connectivity index (χ0) is 18.4. The largest absolute Gasteiger partial charge is 0.368 e. The molecular weight excluding hydrogens is 321 g/mol. The molecule has 1 aliphatic rings. The molecule has 2 amide bonds. The Morgan fingerprint density at radius 2 is 1.72 bits per heavy atom. The smallest absolute Gasteiger partial charge is 0.242 e. The first kappa shape index (κ1) is 19.2. The van der Waals surface area contributed by atoms with Gasteiger partial charge in [-0.25, -0.2) is 4.39 Å². The summed E-state index contributed by atoms with van der Waals surface area (Å²) in [5.41, 5.74) is 0.968. The molecule has 138 valence electrons. The molecule has 0 N–H and O–H groups in total. The van der Waals surface area contributed by atoms with Gasteiger partial charge in [0, 0.05) is 45.3 Å². The molecule has 0 aromatic heterocycles. The van der Waals surface area contributed by atoms with Crippen LogP contribution >= 0.6 is 0 Å². The van der Waals surface area contributed by atoms with E-state index >= 15 is 0 Å². The maximum Gasteiger partial charge on any atom is 0.242 e. The van der Waals surface area contributed by atoms with E-state index in [4.69, 9.17) is 0 Å². The fraction of sp³-hybridized carbons (Fsp3) is 0.579. The second-order valence-corrected chi connectivity index (χ2v) is 6.97. The van der Waals surface area contributed by atoms with Gasteiger partial charge in [0.2, 0.25) is 11.8 Å². The normalized spacial score (nSPS) is 14.8. The SMILES string of the molecule is CC(=O)N(CCC(C)C)CC(=O)N1CCN(c2ccc(F)cc2)CC1. The van der Waals surface area contributed by atoms with Crippen molar-refractivity contribution >= 4 is 17.5 Å². The first-order valence-electron chi connectivity index (χ1n) is 8.90. The molecule has 1 saturated heterocycles. The lowest BCUT2D eigenvalue weighted by molar-refractivity contribution is -0.139. The van der Waals surface area contributed by atoms with Crippen molar-refractivity contribution in [3.05, 3.63) is 30.1 Å². The highest BCUT2D eigenvalue weighted by atomic mass is 19.1. The Morgan fingerprint density at radius 1 is 1.12 bits per heavy atom. The van der Waals surface area contributed by atoms with Crippen LogP contribution in [0.2, 0.25) is 0 Å². The van der Waals surface area contributed by atoms with Gasteiger partial charge >= 0.3 is 0 Å². The van der Waals surface area contributed by atoms with Crippen LogP contribution in [0.3, 0.4) is 0 Å². The number of carbonyl (C=O) groups excluding carboxylic acids is 2. The molecule has 1 heterocycles. The second-order valence-electron chi connectivity index (χ2n) is 6.97. The van der Waals surface area contributed by atoms with E-state index in [1.54, 1.807) is 17.0 Å². The fourth-order valence-electron chi connectivity index (χ4n) is 2.89. The Kier molecular flexibility index (Phi) is 6.79. The van der Waals surface area contributed by atoms with Crippen LogP contribution in [0.4, 0.5) is 10.1 Å². The lowest BCUT2D eigenvalue weighted by Gasteiger charge is -2.37. The molecule has 2 rings (SSSR count). The van der Waals surface area contributed by atoms with E-state index in [2.05, 4.69) is 18.7 Å². The van der Waals surface area contributed by atoms with Gasteiger partial charge in [-0.05, 0) is 36.6 Å². The summed E-state index contributed by atoms with van der Waals surface area (Å²) in [6, 6.07) is 6.42. The summed E-state index contributed by atoms with van der Waals surface area (Å²) >= 11 is 0. The van der Waals surface area contributed by atoms with Crippen molar-refractivity contribution in [1.82, 2.24) is 9.80 Å². The Hall–Kier alpha value is -2.11. The molecule has 1 aromatic rings. The molecule has 6 heteroatoms. The molecule has 0 aliphatic carbocycles. The number of benzene rings is 1. The number of amides is 2. The minimum Gasteiger partial charge on any atom is -0.368 e. The van der Waals surface area contributed by atoms with Crippen LogP contribution < -0.4 is 4.90 Å². The molecule has 0 bridgehead atoms. The molecule has 5 nitrogen and oxygen atoms in total. The van der Waals surface area contributed by atoms with E-state index < -0.39 is 0 Å². The number of piperazine rings is 1. The van der Waals surface area contributed by atoms with Crippen LogP contribution in [0.15, 0.2) is 24.3 Å². The number of hydrogen-bond donors (Lipinski definition) is 0. The standard InChI is InChI=1S/C19H28FN3O2/c1-15(2)8-9-23(16(3)24)14-19(25)22-12-10-21(11-13-22)18-6-4-17(20)5-7-18/h4-7,15H,8-14H2,1-3H3. The third kappa shape index (κ3) is 5.73. The quantitative estimate of drug-likeness (QED) is 0.792. The number of hydrogen-bond acceptors (Lipinski definition) is 3. The fourth-order valence-corrected chi connectivity index (χ4v) is 2.89. The zero-order valence-electron chi connectivity index (χ0n) is 15.4. The molecule has 0 saturated carbocycles. The van der Waals surface area contributed by atoms with Crippen molar-refractivity contribution < 1.29 is 14.0 Å². The van der Waals surface area contributed by atoms with Crippen LogP contribution in [0.5, 0.6) is 0 Å². The maximum absolute atomic E-state index is 13.0. The summed E-state index contributed by atoms with van der Waals surface area (Å²) in [5.74, 6) is 0.191. The third-order valence-corrected chi connectivity index (χ3v) is 4.57. The van der Waals surface area contributed by atoms with Gasteiger partial charge < -0.3 is 14.7 Å². The van der Waals surface area contributed by atoms with E-state index in [1.807, 2.05) is 4.90 Å². The first-order chi connectivity index (χ1) is 11.9. The predicted molar refractivity (Wildman–Crippen MR) is 96.9 cm³/mol. The molecule has 0 atom stereocenters. The summed E-state index contributed by atoms with van der Waals surface area (Å²) in [6.45, 7) is 9.15. The summed E-state index contributed by atoms with van der Waals surface area (Å²) in [5, 5.41) is 0. The van der Waals surface area contributed by atoms with E-state index in [9.17, 15) is 14.0 Å². The van der Waals surface area contributed by atoms with Gasteiger partial charge in [0.05, 0.1) is 6.54 Å². The van der Waals surface area contributed by atoms with Crippen LogP contribution in [-0.4, -0.2) is 60.9 Å². The number of anilines is 1. The second kappa shape index (κ2) is 8.83. The summed E-state index contributed by atoms with van der Waals surface area (Å²) in [6.07, 6.45) is 0.894. The molecule has 1 aliphatic heterocycles. The van der Waals surface area contributed by atoms with Gasteiger partial charge in [0.25, 0.3) is 0 Å². The number of halogens is 1. The number of rotatable bonds is 6. The van der Waals surface area contributed by atoms with E-state index in [0.717, 1.165) is 12.1 Å². The van der Waals surface area contributed by atoms with Crippen LogP contribution in [0.1, 0.15) is 27.2 Å². The van der Waals surface area contributed by atoms with Crippen molar-refractivity contribution in [2.75, 3.05) is 44.2 Å². The molecule has 1 fully saturated rings. The Labute approximate surface area is 149 Å². The molecule has 1 aromatic carbocycles. The summed E-state index contributed by atoms with van der Waals surface area (Å²) in [4.78, 5) is 29.9. The third-order valence-electron chi connectivity index (χ3n) is 4.57. The monoisotopic (exact) mass is 349 g/mol. The van der Waals surface area contributed by atoms with Crippen LogP contribution in [0.25, 0.3) is 0 Å². The van der Waals surface area contributed by atoms with Crippen LogP contribution in [0, 0.1) is 11.7 Å².